The summed E-state index contributed by atoms with van der Waals surface area (Å²) >= 11 is 0. The quantitative estimate of drug-likeness (QED) is 0.608. The maximum atomic E-state index is 12.2. The van der Waals surface area contributed by atoms with Gasteiger partial charge in [-0.3, -0.25) is 4.79 Å². The molecule has 0 spiro atoms. The molecule has 1 amide bonds. The van der Waals surface area contributed by atoms with Crippen LogP contribution in [0.4, 0.5) is 5.69 Å². The van der Waals surface area contributed by atoms with Gasteiger partial charge in [0.2, 0.25) is 5.91 Å². The van der Waals surface area contributed by atoms with E-state index in [9.17, 15) is 9.59 Å². The van der Waals surface area contributed by atoms with E-state index in [1.54, 1.807) is 32.2 Å². The van der Waals surface area contributed by atoms with Crippen molar-refractivity contribution in [2.24, 2.45) is 0 Å². The van der Waals surface area contributed by atoms with Gasteiger partial charge in [0, 0.05) is 11.8 Å². The van der Waals surface area contributed by atoms with E-state index in [0.717, 1.165) is 22.4 Å². The SMILES string of the molecule is CCOC(=O)/C=C/c1ccc(NC(=O)Cc2ccc(C)c(OC)c2)cc1. The molecule has 0 aliphatic carbocycles. The fraction of sp³-hybridized carbons (Fsp3) is 0.238. The number of nitrogens with one attached hydrogen (secondary N) is 1. The Kier molecular flexibility index (Phi) is 6.97. The Hall–Kier alpha value is -3.08. The third-order valence-electron chi connectivity index (χ3n) is 3.73. The van der Waals surface area contributed by atoms with Gasteiger partial charge in [0.1, 0.15) is 5.75 Å². The first-order valence-electron chi connectivity index (χ1n) is 8.40. The average Bonchev–Trinajstić information content (AvgIpc) is 2.63. The molecule has 0 radical (unpaired) electrons. The van der Waals surface area contributed by atoms with Gasteiger partial charge in [-0.25, -0.2) is 4.79 Å². The van der Waals surface area contributed by atoms with E-state index in [-0.39, 0.29) is 18.3 Å². The molecule has 0 aliphatic rings. The van der Waals surface area contributed by atoms with Crippen molar-refractivity contribution in [3.05, 3.63) is 65.2 Å². The van der Waals surface area contributed by atoms with Gasteiger partial charge in [-0.2, -0.15) is 0 Å². The average molecular weight is 353 g/mol. The van der Waals surface area contributed by atoms with Gasteiger partial charge in [-0.15, -0.1) is 0 Å². The van der Waals surface area contributed by atoms with Crippen LogP contribution in [0.2, 0.25) is 0 Å². The standard InChI is InChI=1S/C21H23NO4/c1-4-26-21(24)12-9-16-7-10-18(11-8-16)22-20(23)14-17-6-5-15(2)19(13-17)25-3/h5-13H,4,14H2,1-3H3,(H,22,23)/b12-9+. The third kappa shape index (κ3) is 5.77. The Balaban J connectivity index is 1.94. The molecule has 0 saturated carbocycles. The van der Waals surface area contributed by atoms with E-state index in [1.165, 1.54) is 6.08 Å². The van der Waals surface area contributed by atoms with Crippen LogP contribution in [0.1, 0.15) is 23.6 Å². The summed E-state index contributed by atoms with van der Waals surface area (Å²) in [7, 11) is 1.62. The highest BCUT2D eigenvalue weighted by atomic mass is 16.5. The summed E-state index contributed by atoms with van der Waals surface area (Å²) < 4.78 is 10.1. The molecule has 0 atom stereocenters. The Morgan fingerprint density at radius 2 is 1.85 bits per heavy atom. The zero-order valence-corrected chi connectivity index (χ0v) is 15.2. The fourth-order valence-electron chi connectivity index (χ4n) is 2.40. The zero-order chi connectivity index (χ0) is 18.9. The molecular weight excluding hydrogens is 330 g/mol. The number of benzene rings is 2. The van der Waals surface area contributed by atoms with Crippen molar-refractivity contribution in [1.82, 2.24) is 0 Å². The predicted octanol–water partition coefficient (Wildman–Crippen LogP) is 3.76. The van der Waals surface area contributed by atoms with Crippen LogP contribution in [-0.2, 0) is 20.7 Å². The van der Waals surface area contributed by atoms with Gasteiger partial charge in [0.15, 0.2) is 0 Å². The number of carbonyl (C=O) groups is 2. The summed E-state index contributed by atoms with van der Waals surface area (Å²) in [6, 6.07) is 12.9. The molecule has 2 aromatic rings. The van der Waals surface area contributed by atoms with Crippen LogP contribution in [0.25, 0.3) is 6.08 Å². The van der Waals surface area contributed by atoms with E-state index in [1.807, 2.05) is 37.3 Å². The van der Waals surface area contributed by atoms with E-state index >= 15 is 0 Å². The van der Waals surface area contributed by atoms with Gasteiger partial charge < -0.3 is 14.8 Å². The summed E-state index contributed by atoms with van der Waals surface area (Å²) in [4.78, 5) is 23.5. The summed E-state index contributed by atoms with van der Waals surface area (Å²) in [5.41, 5.74) is 3.46. The minimum Gasteiger partial charge on any atom is -0.496 e. The number of aryl methyl sites for hydroxylation is 1. The Morgan fingerprint density at radius 3 is 2.50 bits per heavy atom. The maximum absolute atomic E-state index is 12.2. The van der Waals surface area contributed by atoms with Crippen LogP contribution in [-0.4, -0.2) is 25.6 Å². The molecule has 0 aromatic heterocycles. The van der Waals surface area contributed by atoms with Gasteiger partial charge in [0.05, 0.1) is 20.1 Å². The molecule has 0 saturated heterocycles. The molecule has 0 unspecified atom stereocenters. The molecule has 0 bridgehead atoms. The lowest BCUT2D eigenvalue weighted by atomic mass is 10.1. The molecule has 136 valence electrons. The molecule has 2 rings (SSSR count). The van der Waals surface area contributed by atoms with Crippen molar-refractivity contribution in [3.63, 3.8) is 0 Å². The first-order chi connectivity index (χ1) is 12.5. The lowest BCUT2D eigenvalue weighted by molar-refractivity contribution is -0.137. The van der Waals surface area contributed by atoms with Gasteiger partial charge >= 0.3 is 5.97 Å². The van der Waals surface area contributed by atoms with E-state index in [4.69, 9.17) is 9.47 Å². The van der Waals surface area contributed by atoms with Crippen LogP contribution < -0.4 is 10.1 Å². The minimum absolute atomic E-state index is 0.106. The van der Waals surface area contributed by atoms with Crippen molar-refractivity contribution >= 4 is 23.6 Å². The predicted molar refractivity (Wildman–Crippen MR) is 102 cm³/mol. The van der Waals surface area contributed by atoms with Crippen molar-refractivity contribution in [2.45, 2.75) is 20.3 Å². The molecule has 0 aliphatic heterocycles. The van der Waals surface area contributed by atoms with Crippen molar-refractivity contribution in [2.75, 3.05) is 19.0 Å². The highest BCUT2D eigenvalue weighted by molar-refractivity contribution is 5.92. The zero-order valence-electron chi connectivity index (χ0n) is 15.2. The highest BCUT2D eigenvalue weighted by Crippen LogP contribution is 2.19. The minimum atomic E-state index is -0.376. The Labute approximate surface area is 153 Å². The molecule has 26 heavy (non-hydrogen) atoms. The largest absolute Gasteiger partial charge is 0.496 e. The number of hydrogen-bond acceptors (Lipinski definition) is 4. The number of rotatable bonds is 7. The summed E-state index contributed by atoms with van der Waals surface area (Å²) in [6.45, 7) is 4.07. The van der Waals surface area contributed by atoms with E-state index in [0.29, 0.717) is 12.3 Å². The summed E-state index contributed by atoms with van der Waals surface area (Å²) in [5.74, 6) is 0.289. The maximum Gasteiger partial charge on any atom is 0.330 e. The van der Waals surface area contributed by atoms with Gasteiger partial charge in [0.25, 0.3) is 0 Å². The second-order valence-corrected chi connectivity index (χ2v) is 5.74. The number of methoxy groups -OCH3 is 1. The lowest BCUT2D eigenvalue weighted by Crippen LogP contribution is -2.14. The summed E-state index contributed by atoms with van der Waals surface area (Å²) in [5, 5.41) is 2.86. The van der Waals surface area contributed by atoms with Crippen LogP contribution >= 0.6 is 0 Å². The molecule has 0 fully saturated rings. The third-order valence-corrected chi connectivity index (χ3v) is 3.73. The molecule has 5 heteroatoms. The normalized spacial score (nSPS) is 10.6. The molecule has 5 nitrogen and oxygen atoms in total. The number of esters is 1. The van der Waals surface area contributed by atoms with Gasteiger partial charge in [-0.05, 0) is 54.8 Å². The number of anilines is 1. The van der Waals surface area contributed by atoms with Crippen LogP contribution in [0.3, 0.4) is 0 Å². The Bertz CT molecular complexity index is 794. The lowest BCUT2D eigenvalue weighted by Gasteiger charge is -2.09. The number of carbonyl (C=O) groups excluding carboxylic acids is 2. The van der Waals surface area contributed by atoms with Crippen LogP contribution in [0.15, 0.2) is 48.5 Å². The topological polar surface area (TPSA) is 64.6 Å². The highest BCUT2D eigenvalue weighted by Gasteiger charge is 2.07. The fourth-order valence-corrected chi connectivity index (χ4v) is 2.40. The van der Waals surface area contributed by atoms with Crippen molar-refractivity contribution in [1.29, 1.82) is 0 Å². The first kappa shape index (κ1) is 19.2. The summed E-state index contributed by atoms with van der Waals surface area (Å²) in [6.07, 6.45) is 3.31. The van der Waals surface area contributed by atoms with Gasteiger partial charge in [-0.1, -0.05) is 24.3 Å². The molecule has 0 heterocycles. The smallest absolute Gasteiger partial charge is 0.330 e. The molecule has 2 aromatic carbocycles. The van der Waals surface area contributed by atoms with Crippen molar-refractivity contribution in [3.8, 4) is 5.75 Å². The number of amides is 1. The monoisotopic (exact) mass is 353 g/mol. The molecular formula is C21H23NO4. The first-order valence-corrected chi connectivity index (χ1v) is 8.40. The number of hydrogen-bond donors (Lipinski definition) is 1. The van der Waals surface area contributed by atoms with Crippen molar-refractivity contribution < 1.29 is 19.1 Å². The number of ether oxygens (including phenoxy) is 2. The second kappa shape index (κ2) is 9.42. The van der Waals surface area contributed by atoms with Crippen LogP contribution in [0.5, 0.6) is 5.75 Å². The second-order valence-electron chi connectivity index (χ2n) is 5.74. The molecule has 1 N–H and O–H groups in total. The van der Waals surface area contributed by atoms with E-state index < -0.39 is 0 Å². The Morgan fingerprint density at radius 1 is 1.12 bits per heavy atom. The van der Waals surface area contributed by atoms with E-state index in [2.05, 4.69) is 5.32 Å². The van der Waals surface area contributed by atoms with Crippen LogP contribution in [0, 0.1) is 6.92 Å².